The molecule has 9 nitrogen and oxygen atoms in total. The minimum absolute atomic E-state index is 0.175. The van der Waals surface area contributed by atoms with Crippen LogP contribution in [0.1, 0.15) is 15.9 Å². The molecule has 0 saturated carbocycles. The van der Waals surface area contributed by atoms with Crippen molar-refractivity contribution in [1.82, 2.24) is 9.62 Å². The van der Waals surface area contributed by atoms with Crippen molar-refractivity contribution in [2.24, 2.45) is 0 Å². The first kappa shape index (κ1) is 27.0. The van der Waals surface area contributed by atoms with Gasteiger partial charge in [-0.3, -0.25) is 19.8 Å². The van der Waals surface area contributed by atoms with Gasteiger partial charge in [-0.05, 0) is 47.0 Å². The summed E-state index contributed by atoms with van der Waals surface area (Å²) in [5.41, 5.74) is 4.49. The SMILES string of the molecule is O=C(NS(=O)(=O)c1cccc([N+](=O)[O-])c1)c1ccc(N2CCN(Cc3ccccc3-c3ccccc3)CC2)cc1. The van der Waals surface area contributed by atoms with E-state index in [1.807, 2.05) is 10.8 Å². The van der Waals surface area contributed by atoms with Crippen molar-refractivity contribution < 1.29 is 18.1 Å². The first-order valence-corrected chi connectivity index (χ1v) is 14.3. The first-order chi connectivity index (χ1) is 19.3. The second-order valence-electron chi connectivity index (χ2n) is 9.52. The number of sulfonamides is 1. The molecular weight excluding hydrogens is 528 g/mol. The number of nitro groups is 1. The number of hydrogen-bond acceptors (Lipinski definition) is 7. The van der Waals surface area contributed by atoms with Crippen LogP contribution in [0.3, 0.4) is 0 Å². The highest BCUT2D eigenvalue weighted by Crippen LogP contribution is 2.26. The zero-order valence-electron chi connectivity index (χ0n) is 21.6. The molecular formula is C30H28N4O5S. The van der Waals surface area contributed by atoms with Crippen molar-refractivity contribution in [3.05, 3.63) is 124 Å². The van der Waals surface area contributed by atoms with Crippen molar-refractivity contribution in [3.63, 3.8) is 0 Å². The number of nitrogens with zero attached hydrogens (tertiary/aromatic N) is 3. The molecule has 0 bridgehead atoms. The Labute approximate surface area is 232 Å². The molecule has 40 heavy (non-hydrogen) atoms. The van der Waals surface area contributed by atoms with Crippen LogP contribution in [0.25, 0.3) is 11.1 Å². The maximum atomic E-state index is 12.6. The molecule has 0 aromatic heterocycles. The predicted octanol–water partition coefficient (Wildman–Crippen LogP) is 4.70. The average molecular weight is 557 g/mol. The maximum Gasteiger partial charge on any atom is 0.270 e. The molecule has 204 valence electrons. The molecule has 1 amide bonds. The fraction of sp³-hybridized carbons (Fsp3) is 0.167. The number of piperazine rings is 1. The van der Waals surface area contributed by atoms with Crippen LogP contribution < -0.4 is 9.62 Å². The van der Waals surface area contributed by atoms with Gasteiger partial charge in [0.25, 0.3) is 21.6 Å². The number of anilines is 1. The number of nitro benzene ring substituents is 1. The second kappa shape index (κ2) is 11.7. The van der Waals surface area contributed by atoms with E-state index in [1.165, 1.54) is 34.9 Å². The highest BCUT2D eigenvalue weighted by atomic mass is 32.2. The Morgan fingerprint density at radius 2 is 1.50 bits per heavy atom. The lowest BCUT2D eigenvalue weighted by Crippen LogP contribution is -2.46. The van der Waals surface area contributed by atoms with Crippen LogP contribution in [-0.4, -0.2) is 50.3 Å². The van der Waals surface area contributed by atoms with Crippen molar-refractivity contribution in [2.75, 3.05) is 31.1 Å². The molecule has 1 heterocycles. The first-order valence-electron chi connectivity index (χ1n) is 12.8. The van der Waals surface area contributed by atoms with Crippen molar-refractivity contribution in [2.45, 2.75) is 11.4 Å². The Morgan fingerprint density at radius 1 is 0.825 bits per heavy atom. The quantitative estimate of drug-likeness (QED) is 0.247. The van der Waals surface area contributed by atoms with Crippen molar-refractivity contribution >= 4 is 27.3 Å². The van der Waals surface area contributed by atoms with E-state index in [0.717, 1.165) is 44.5 Å². The third-order valence-electron chi connectivity index (χ3n) is 6.93. The average Bonchev–Trinajstić information content (AvgIpc) is 2.98. The topological polar surface area (TPSA) is 113 Å². The predicted molar refractivity (Wildman–Crippen MR) is 154 cm³/mol. The third-order valence-corrected chi connectivity index (χ3v) is 8.26. The summed E-state index contributed by atoms with van der Waals surface area (Å²) in [5, 5.41) is 11.0. The molecule has 5 rings (SSSR count). The lowest BCUT2D eigenvalue weighted by atomic mass is 9.99. The number of carbonyl (C=O) groups excluding carboxylic acids is 1. The molecule has 0 spiro atoms. The number of non-ortho nitro benzene ring substituents is 1. The van der Waals surface area contributed by atoms with Crippen LogP contribution in [0.15, 0.2) is 108 Å². The third kappa shape index (κ3) is 6.19. The van der Waals surface area contributed by atoms with Crippen LogP contribution in [0, 0.1) is 10.1 Å². The number of nitrogens with one attached hydrogen (secondary N) is 1. The maximum absolute atomic E-state index is 12.6. The highest BCUT2D eigenvalue weighted by molar-refractivity contribution is 7.90. The lowest BCUT2D eigenvalue weighted by Gasteiger charge is -2.36. The monoisotopic (exact) mass is 556 g/mol. The molecule has 1 aliphatic rings. The molecule has 1 aliphatic heterocycles. The van der Waals surface area contributed by atoms with Gasteiger partial charge < -0.3 is 4.90 Å². The molecule has 0 radical (unpaired) electrons. The Hall–Kier alpha value is -4.54. The molecule has 0 atom stereocenters. The van der Waals surface area contributed by atoms with E-state index in [2.05, 4.69) is 58.3 Å². The van der Waals surface area contributed by atoms with Gasteiger partial charge in [0.1, 0.15) is 0 Å². The summed E-state index contributed by atoms with van der Waals surface area (Å²) in [7, 11) is -4.27. The van der Waals surface area contributed by atoms with Gasteiger partial charge in [-0.1, -0.05) is 60.7 Å². The van der Waals surface area contributed by atoms with Gasteiger partial charge in [0.15, 0.2) is 0 Å². The molecule has 1 saturated heterocycles. The smallest absolute Gasteiger partial charge is 0.270 e. The minimum Gasteiger partial charge on any atom is -0.369 e. The van der Waals surface area contributed by atoms with Gasteiger partial charge >= 0.3 is 0 Å². The summed E-state index contributed by atoms with van der Waals surface area (Å²) < 4.78 is 27.2. The van der Waals surface area contributed by atoms with Crippen LogP contribution in [0.2, 0.25) is 0 Å². The van der Waals surface area contributed by atoms with E-state index in [-0.39, 0.29) is 16.1 Å². The Kier molecular flexibility index (Phi) is 7.90. The summed E-state index contributed by atoms with van der Waals surface area (Å²) in [6, 6.07) is 30.2. The van der Waals surface area contributed by atoms with Gasteiger partial charge in [0.05, 0.1) is 9.82 Å². The number of amides is 1. The Morgan fingerprint density at radius 3 is 2.20 bits per heavy atom. The van der Waals surface area contributed by atoms with Crippen LogP contribution in [-0.2, 0) is 16.6 Å². The lowest BCUT2D eigenvalue weighted by molar-refractivity contribution is -0.385. The van der Waals surface area contributed by atoms with Crippen LogP contribution >= 0.6 is 0 Å². The summed E-state index contributed by atoms with van der Waals surface area (Å²) >= 11 is 0. The Balaban J connectivity index is 1.19. The summed E-state index contributed by atoms with van der Waals surface area (Å²) in [6.45, 7) is 4.26. The van der Waals surface area contributed by atoms with Gasteiger partial charge in [0.2, 0.25) is 0 Å². The minimum atomic E-state index is -4.27. The molecule has 4 aromatic rings. The van der Waals surface area contributed by atoms with Gasteiger partial charge in [-0.15, -0.1) is 0 Å². The Bertz CT molecular complexity index is 1620. The molecule has 10 heteroatoms. The van der Waals surface area contributed by atoms with Crippen LogP contribution in [0.4, 0.5) is 11.4 Å². The zero-order chi connectivity index (χ0) is 28.1. The van der Waals surface area contributed by atoms with Crippen LogP contribution in [0.5, 0.6) is 0 Å². The fourth-order valence-electron chi connectivity index (χ4n) is 4.79. The number of carbonyl (C=O) groups is 1. The molecule has 1 N–H and O–H groups in total. The normalized spacial score (nSPS) is 14.1. The van der Waals surface area contributed by atoms with E-state index >= 15 is 0 Å². The summed E-state index contributed by atoms with van der Waals surface area (Å²) in [5.74, 6) is -0.806. The molecule has 0 aliphatic carbocycles. The molecule has 0 unspecified atom stereocenters. The van der Waals surface area contributed by atoms with E-state index in [9.17, 15) is 23.3 Å². The van der Waals surface area contributed by atoms with E-state index in [1.54, 1.807) is 24.3 Å². The van der Waals surface area contributed by atoms with Gasteiger partial charge in [-0.2, -0.15) is 0 Å². The zero-order valence-corrected chi connectivity index (χ0v) is 22.5. The molecule has 1 fully saturated rings. The van der Waals surface area contributed by atoms with Crippen molar-refractivity contribution in [3.8, 4) is 11.1 Å². The standard InChI is InChI=1S/C30H28N4O5S/c35-30(31-40(38,39)28-11-6-10-27(21-28)34(36)37)24-13-15-26(16-14-24)33-19-17-32(18-20-33)22-25-9-4-5-12-29(25)23-7-2-1-3-8-23/h1-16,21H,17-20,22H2,(H,31,35). The van der Waals surface area contributed by atoms with Crippen molar-refractivity contribution in [1.29, 1.82) is 0 Å². The molecule has 4 aromatic carbocycles. The van der Waals surface area contributed by atoms with Gasteiger partial charge in [-0.25, -0.2) is 13.1 Å². The highest BCUT2D eigenvalue weighted by Gasteiger charge is 2.22. The number of hydrogen-bond donors (Lipinski definition) is 1. The van der Waals surface area contributed by atoms with E-state index in [4.69, 9.17) is 0 Å². The second-order valence-corrected chi connectivity index (χ2v) is 11.2. The number of benzene rings is 4. The van der Waals surface area contributed by atoms with E-state index < -0.39 is 20.9 Å². The summed E-state index contributed by atoms with van der Waals surface area (Å²) in [4.78, 5) is 27.2. The largest absolute Gasteiger partial charge is 0.369 e. The van der Waals surface area contributed by atoms with E-state index in [0.29, 0.717) is 0 Å². The number of rotatable bonds is 8. The van der Waals surface area contributed by atoms with Gasteiger partial charge in [0, 0.05) is 56.1 Å². The fourth-order valence-corrected chi connectivity index (χ4v) is 5.80. The summed E-state index contributed by atoms with van der Waals surface area (Å²) in [6.07, 6.45) is 0.